The van der Waals surface area contributed by atoms with E-state index in [1.165, 1.54) is 16.9 Å². The first-order chi connectivity index (χ1) is 8.16. The van der Waals surface area contributed by atoms with Gasteiger partial charge in [-0.25, -0.2) is 0 Å². The predicted molar refractivity (Wildman–Crippen MR) is 71.3 cm³/mol. The van der Waals surface area contributed by atoms with Crippen molar-refractivity contribution in [2.24, 2.45) is 5.73 Å². The van der Waals surface area contributed by atoms with Crippen molar-refractivity contribution < 1.29 is 4.79 Å². The maximum Gasteiger partial charge on any atom is 0.249 e. The Morgan fingerprint density at radius 1 is 1.41 bits per heavy atom. The van der Waals surface area contributed by atoms with Crippen molar-refractivity contribution in [2.75, 3.05) is 5.32 Å². The van der Waals surface area contributed by atoms with Crippen LogP contribution in [-0.4, -0.2) is 5.91 Å². The molecule has 0 spiro atoms. The lowest BCUT2D eigenvalue weighted by Crippen LogP contribution is -2.09. The highest BCUT2D eigenvalue weighted by Crippen LogP contribution is 2.18. The third-order valence-corrected chi connectivity index (χ3v) is 3.47. The van der Waals surface area contributed by atoms with E-state index in [0.29, 0.717) is 12.1 Å². The fourth-order valence-electron chi connectivity index (χ4n) is 1.56. The summed E-state index contributed by atoms with van der Waals surface area (Å²) in [6.45, 7) is 2.77. The Kier molecular flexibility index (Phi) is 3.44. The SMILES string of the molecule is Cc1ccccc1NCc1cc(C(N)=O)cs1. The van der Waals surface area contributed by atoms with Gasteiger partial charge in [0.15, 0.2) is 0 Å². The van der Waals surface area contributed by atoms with E-state index in [2.05, 4.69) is 18.3 Å². The predicted octanol–water partition coefficient (Wildman–Crippen LogP) is 2.77. The van der Waals surface area contributed by atoms with Crippen LogP contribution in [0.4, 0.5) is 5.69 Å². The molecule has 4 heteroatoms. The first-order valence-corrected chi connectivity index (χ1v) is 6.21. The summed E-state index contributed by atoms with van der Waals surface area (Å²) < 4.78 is 0. The van der Waals surface area contributed by atoms with Crippen molar-refractivity contribution >= 4 is 22.9 Å². The molecule has 1 aromatic heterocycles. The number of carbonyl (C=O) groups excluding carboxylic acids is 1. The van der Waals surface area contributed by atoms with Crippen LogP contribution in [0.1, 0.15) is 20.8 Å². The van der Waals surface area contributed by atoms with Crippen LogP contribution in [-0.2, 0) is 6.54 Å². The van der Waals surface area contributed by atoms with Crippen LogP contribution in [0.15, 0.2) is 35.7 Å². The van der Waals surface area contributed by atoms with Gasteiger partial charge in [-0.05, 0) is 24.6 Å². The third-order valence-electron chi connectivity index (χ3n) is 2.54. The lowest BCUT2D eigenvalue weighted by Gasteiger charge is -2.07. The Bertz CT molecular complexity index is 534. The standard InChI is InChI=1S/C13H14N2OS/c1-9-4-2-3-5-12(9)15-7-11-6-10(8-17-11)13(14)16/h2-6,8,15H,7H2,1H3,(H2,14,16). The lowest BCUT2D eigenvalue weighted by molar-refractivity contribution is 0.100. The summed E-state index contributed by atoms with van der Waals surface area (Å²) in [7, 11) is 0. The number of benzene rings is 1. The highest BCUT2D eigenvalue weighted by molar-refractivity contribution is 7.10. The van der Waals surface area contributed by atoms with Gasteiger partial charge in [-0.3, -0.25) is 4.79 Å². The Labute approximate surface area is 104 Å². The van der Waals surface area contributed by atoms with E-state index in [4.69, 9.17) is 5.73 Å². The highest BCUT2D eigenvalue weighted by Gasteiger charge is 2.04. The third kappa shape index (κ3) is 2.85. The maximum absolute atomic E-state index is 11.0. The molecular weight excluding hydrogens is 232 g/mol. The molecule has 0 atom stereocenters. The summed E-state index contributed by atoms with van der Waals surface area (Å²) in [5.41, 5.74) is 8.11. The summed E-state index contributed by atoms with van der Waals surface area (Å²) in [6.07, 6.45) is 0. The Hall–Kier alpha value is -1.81. The van der Waals surface area contributed by atoms with E-state index < -0.39 is 0 Å². The summed E-state index contributed by atoms with van der Waals surface area (Å²) in [5, 5.41) is 5.13. The van der Waals surface area contributed by atoms with E-state index in [9.17, 15) is 4.79 Å². The molecule has 3 N–H and O–H groups in total. The minimum Gasteiger partial charge on any atom is -0.380 e. The molecule has 88 valence electrons. The van der Waals surface area contributed by atoms with Gasteiger partial charge >= 0.3 is 0 Å². The lowest BCUT2D eigenvalue weighted by atomic mass is 10.2. The molecule has 0 aliphatic carbocycles. The number of amides is 1. The average Bonchev–Trinajstić information content (AvgIpc) is 2.77. The van der Waals surface area contributed by atoms with Crippen molar-refractivity contribution in [3.05, 3.63) is 51.7 Å². The number of hydrogen-bond donors (Lipinski definition) is 2. The van der Waals surface area contributed by atoms with Crippen molar-refractivity contribution in [1.82, 2.24) is 0 Å². The molecule has 3 nitrogen and oxygen atoms in total. The first kappa shape index (κ1) is 11.7. The summed E-state index contributed by atoms with van der Waals surface area (Å²) >= 11 is 1.54. The van der Waals surface area contributed by atoms with Crippen LogP contribution in [0, 0.1) is 6.92 Å². The van der Waals surface area contributed by atoms with E-state index >= 15 is 0 Å². The van der Waals surface area contributed by atoms with E-state index in [-0.39, 0.29) is 5.91 Å². The minimum absolute atomic E-state index is 0.372. The van der Waals surface area contributed by atoms with Crippen molar-refractivity contribution in [3.63, 3.8) is 0 Å². The molecule has 1 heterocycles. The summed E-state index contributed by atoms with van der Waals surface area (Å²) in [6, 6.07) is 9.94. The smallest absolute Gasteiger partial charge is 0.249 e. The number of primary amides is 1. The second-order valence-corrected chi connectivity index (χ2v) is 4.83. The number of carbonyl (C=O) groups is 1. The van der Waals surface area contributed by atoms with Crippen LogP contribution >= 0.6 is 11.3 Å². The number of para-hydroxylation sites is 1. The molecule has 2 aromatic rings. The van der Waals surface area contributed by atoms with Gasteiger partial charge < -0.3 is 11.1 Å². The molecule has 1 aromatic carbocycles. The Morgan fingerprint density at radius 2 is 2.18 bits per heavy atom. The molecule has 0 radical (unpaired) electrons. The number of hydrogen-bond acceptors (Lipinski definition) is 3. The van der Waals surface area contributed by atoms with Crippen LogP contribution in [0.5, 0.6) is 0 Å². The molecule has 17 heavy (non-hydrogen) atoms. The molecule has 1 amide bonds. The molecule has 0 aliphatic heterocycles. The topological polar surface area (TPSA) is 55.1 Å². The molecule has 0 bridgehead atoms. The number of anilines is 1. The molecular formula is C13H14N2OS. The van der Waals surface area contributed by atoms with Gasteiger partial charge in [0.25, 0.3) is 0 Å². The number of aryl methyl sites for hydroxylation is 1. The van der Waals surface area contributed by atoms with Gasteiger partial charge in [0.2, 0.25) is 5.91 Å². The molecule has 0 saturated carbocycles. The molecule has 0 aliphatic rings. The monoisotopic (exact) mass is 246 g/mol. The molecule has 0 fully saturated rings. The number of thiophene rings is 1. The van der Waals surface area contributed by atoms with Crippen LogP contribution in [0.2, 0.25) is 0 Å². The number of rotatable bonds is 4. The van der Waals surface area contributed by atoms with Gasteiger partial charge in [-0.2, -0.15) is 0 Å². The summed E-state index contributed by atoms with van der Waals surface area (Å²) in [5.74, 6) is -0.372. The van der Waals surface area contributed by atoms with Gasteiger partial charge in [-0.15, -0.1) is 11.3 Å². The largest absolute Gasteiger partial charge is 0.380 e. The number of nitrogens with one attached hydrogen (secondary N) is 1. The fraction of sp³-hybridized carbons (Fsp3) is 0.154. The first-order valence-electron chi connectivity index (χ1n) is 5.33. The van der Waals surface area contributed by atoms with Gasteiger partial charge in [0.1, 0.15) is 0 Å². The Morgan fingerprint density at radius 3 is 2.82 bits per heavy atom. The van der Waals surface area contributed by atoms with E-state index in [1.807, 2.05) is 24.3 Å². The maximum atomic E-state index is 11.0. The quantitative estimate of drug-likeness (QED) is 0.871. The highest BCUT2D eigenvalue weighted by atomic mass is 32.1. The fourth-order valence-corrected chi connectivity index (χ4v) is 2.37. The average molecular weight is 246 g/mol. The summed E-state index contributed by atoms with van der Waals surface area (Å²) in [4.78, 5) is 12.1. The zero-order valence-electron chi connectivity index (χ0n) is 9.57. The van der Waals surface area contributed by atoms with Crippen molar-refractivity contribution in [2.45, 2.75) is 13.5 Å². The molecule has 0 saturated heterocycles. The normalized spacial score (nSPS) is 10.2. The minimum atomic E-state index is -0.372. The van der Waals surface area contributed by atoms with E-state index in [0.717, 1.165) is 10.6 Å². The molecule has 2 rings (SSSR count). The van der Waals surface area contributed by atoms with Gasteiger partial charge in [-0.1, -0.05) is 18.2 Å². The zero-order valence-corrected chi connectivity index (χ0v) is 10.4. The van der Waals surface area contributed by atoms with Gasteiger partial charge in [0, 0.05) is 22.5 Å². The van der Waals surface area contributed by atoms with Gasteiger partial charge in [0.05, 0.1) is 5.56 Å². The second-order valence-electron chi connectivity index (χ2n) is 3.83. The van der Waals surface area contributed by atoms with Crippen LogP contribution < -0.4 is 11.1 Å². The number of nitrogens with two attached hydrogens (primary N) is 1. The van der Waals surface area contributed by atoms with Crippen molar-refractivity contribution in [3.8, 4) is 0 Å². The Balaban J connectivity index is 2.02. The van der Waals surface area contributed by atoms with Crippen LogP contribution in [0.3, 0.4) is 0 Å². The van der Waals surface area contributed by atoms with E-state index in [1.54, 1.807) is 5.38 Å². The molecule has 0 unspecified atom stereocenters. The zero-order chi connectivity index (χ0) is 12.3. The second kappa shape index (κ2) is 5.01. The van der Waals surface area contributed by atoms with Crippen molar-refractivity contribution in [1.29, 1.82) is 0 Å². The van der Waals surface area contributed by atoms with Crippen LogP contribution in [0.25, 0.3) is 0 Å².